The SMILES string of the molecule is COCCCN1C(=O)c2ccc(C(=O)Nc3ccc(NC(=O)NC4CC4)cc3)cc2C1=O. The third kappa shape index (κ3) is 4.78. The summed E-state index contributed by atoms with van der Waals surface area (Å²) in [5.41, 5.74) is 1.93. The summed E-state index contributed by atoms with van der Waals surface area (Å²) in [6.07, 6.45) is 2.56. The molecule has 5 amide bonds. The second-order valence-electron chi connectivity index (χ2n) is 7.77. The average molecular weight is 436 g/mol. The zero-order valence-electron chi connectivity index (χ0n) is 17.6. The maximum absolute atomic E-state index is 12.7. The third-order valence-electron chi connectivity index (χ3n) is 5.28. The van der Waals surface area contributed by atoms with E-state index in [-0.39, 0.29) is 35.7 Å². The third-order valence-corrected chi connectivity index (χ3v) is 5.28. The Morgan fingerprint density at radius 3 is 2.28 bits per heavy atom. The smallest absolute Gasteiger partial charge is 0.319 e. The first-order valence-corrected chi connectivity index (χ1v) is 10.4. The molecular weight excluding hydrogens is 412 g/mol. The first-order valence-electron chi connectivity index (χ1n) is 10.4. The molecule has 166 valence electrons. The van der Waals surface area contributed by atoms with Gasteiger partial charge in [0.15, 0.2) is 0 Å². The van der Waals surface area contributed by atoms with E-state index in [0.717, 1.165) is 12.8 Å². The molecule has 1 saturated carbocycles. The van der Waals surface area contributed by atoms with Crippen LogP contribution in [0.3, 0.4) is 0 Å². The first kappa shape index (κ1) is 21.5. The van der Waals surface area contributed by atoms with Crippen LogP contribution in [-0.4, -0.2) is 55.0 Å². The number of methoxy groups -OCH3 is 1. The molecule has 0 aromatic heterocycles. The number of fused-ring (bicyclic) bond motifs is 1. The molecule has 9 heteroatoms. The summed E-state index contributed by atoms with van der Waals surface area (Å²) in [4.78, 5) is 50.7. The van der Waals surface area contributed by atoms with Gasteiger partial charge in [-0.3, -0.25) is 19.3 Å². The average Bonchev–Trinajstić information content (AvgIpc) is 3.56. The minimum atomic E-state index is -0.407. The molecule has 1 aliphatic carbocycles. The van der Waals surface area contributed by atoms with Crippen LogP contribution in [0.25, 0.3) is 0 Å². The Bertz CT molecular complexity index is 1060. The lowest BCUT2D eigenvalue weighted by molar-refractivity contribution is 0.0638. The molecule has 2 aromatic rings. The molecule has 1 heterocycles. The normalized spacial score (nSPS) is 14.8. The molecule has 1 aliphatic heterocycles. The molecule has 4 rings (SSSR count). The van der Waals surface area contributed by atoms with Crippen LogP contribution in [0.4, 0.5) is 16.2 Å². The molecule has 0 spiro atoms. The summed E-state index contributed by atoms with van der Waals surface area (Å²) in [6, 6.07) is 11.2. The fourth-order valence-electron chi connectivity index (χ4n) is 3.42. The van der Waals surface area contributed by atoms with Crippen molar-refractivity contribution >= 4 is 35.1 Å². The molecular formula is C23H24N4O5. The number of nitrogens with one attached hydrogen (secondary N) is 3. The molecule has 32 heavy (non-hydrogen) atoms. The van der Waals surface area contributed by atoms with Gasteiger partial charge in [0.05, 0.1) is 11.1 Å². The van der Waals surface area contributed by atoms with Gasteiger partial charge in [-0.25, -0.2) is 4.79 Å². The summed E-state index contributed by atoms with van der Waals surface area (Å²) in [7, 11) is 1.56. The van der Waals surface area contributed by atoms with Crippen molar-refractivity contribution < 1.29 is 23.9 Å². The number of rotatable bonds is 8. The van der Waals surface area contributed by atoms with Crippen molar-refractivity contribution in [3.05, 3.63) is 59.2 Å². The maximum atomic E-state index is 12.7. The predicted molar refractivity (Wildman–Crippen MR) is 118 cm³/mol. The highest BCUT2D eigenvalue weighted by atomic mass is 16.5. The molecule has 0 atom stereocenters. The number of urea groups is 1. The molecule has 2 aliphatic rings. The molecule has 0 radical (unpaired) electrons. The number of benzene rings is 2. The minimum absolute atomic E-state index is 0.223. The van der Waals surface area contributed by atoms with E-state index in [2.05, 4.69) is 16.0 Å². The van der Waals surface area contributed by atoms with Crippen LogP contribution in [-0.2, 0) is 4.74 Å². The largest absolute Gasteiger partial charge is 0.385 e. The molecule has 2 aromatic carbocycles. The first-order chi connectivity index (χ1) is 15.5. The summed E-state index contributed by atoms with van der Waals surface area (Å²) in [6.45, 7) is 0.710. The van der Waals surface area contributed by atoms with Crippen molar-refractivity contribution in [2.75, 3.05) is 30.9 Å². The highest BCUT2D eigenvalue weighted by molar-refractivity contribution is 6.22. The fraction of sp³-hybridized carbons (Fsp3) is 0.304. The van der Waals surface area contributed by atoms with Crippen molar-refractivity contribution in [1.29, 1.82) is 0 Å². The second-order valence-corrected chi connectivity index (χ2v) is 7.77. The Balaban J connectivity index is 1.39. The Labute approximate surface area is 185 Å². The quantitative estimate of drug-likeness (QED) is 0.435. The van der Waals surface area contributed by atoms with Gasteiger partial charge in [0.2, 0.25) is 0 Å². The van der Waals surface area contributed by atoms with E-state index in [4.69, 9.17) is 4.74 Å². The molecule has 9 nitrogen and oxygen atoms in total. The highest BCUT2D eigenvalue weighted by Gasteiger charge is 2.35. The van der Waals surface area contributed by atoms with Gasteiger partial charge < -0.3 is 20.7 Å². The monoisotopic (exact) mass is 436 g/mol. The topological polar surface area (TPSA) is 117 Å². The molecule has 1 fully saturated rings. The van der Waals surface area contributed by atoms with Crippen molar-refractivity contribution in [1.82, 2.24) is 10.2 Å². The number of amides is 5. The van der Waals surface area contributed by atoms with Crippen molar-refractivity contribution in [3.8, 4) is 0 Å². The summed E-state index contributed by atoms with van der Waals surface area (Å²) in [5, 5.41) is 8.33. The highest BCUT2D eigenvalue weighted by Crippen LogP contribution is 2.25. The van der Waals surface area contributed by atoms with Gasteiger partial charge in [0.1, 0.15) is 0 Å². The van der Waals surface area contributed by atoms with E-state index in [9.17, 15) is 19.2 Å². The van der Waals surface area contributed by atoms with Crippen LogP contribution in [0.2, 0.25) is 0 Å². The Kier molecular flexibility index (Phi) is 6.18. The number of anilines is 2. The lowest BCUT2D eigenvalue weighted by Gasteiger charge is -2.12. The van der Waals surface area contributed by atoms with Crippen molar-refractivity contribution in [2.45, 2.75) is 25.3 Å². The minimum Gasteiger partial charge on any atom is -0.385 e. The number of ether oxygens (including phenoxy) is 1. The zero-order valence-corrected chi connectivity index (χ0v) is 17.6. The molecule has 0 saturated heterocycles. The second kappa shape index (κ2) is 9.19. The number of carbonyl (C=O) groups excluding carboxylic acids is 4. The number of hydrogen-bond donors (Lipinski definition) is 3. The van der Waals surface area contributed by atoms with Gasteiger partial charge in [0, 0.05) is 43.2 Å². The van der Waals surface area contributed by atoms with Crippen LogP contribution >= 0.6 is 0 Å². The van der Waals surface area contributed by atoms with Crippen LogP contribution in [0.5, 0.6) is 0 Å². The van der Waals surface area contributed by atoms with Crippen molar-refractivity contribution in [3.63, 3.8) is 0 Å². The lowest BCUT2D eigenvalue weighted by atomic mass is 10.1. The van der Waals surface area contributed by atoms with Gasteiger partial charge >= 0.3 is 6.03 Å². The lowest BCUT2D eigenvalue weighted by Crippen LogP contribution is -2.31. The van der Waals surface area contributed by atoms with Crippen LogP contribution in [0.1, 0.15) is 50.3 Å². The van der Waals surface area contributed by atoms with Gasteiger partial charge in [-0.2, -0.15) is 0 Å². The maximum Gasteiger partial charge on any atom is 0.319 e. The molecule has 0 bridgehead atoms. The Morgan fingerprint density at radius 2 is 1.62 bits per heavy atom. The van der Waals surface area contributed by atoms with E-state index in [1.54, 1.807) is 31.4 Å². The standard InChI is InChI=1S/C23H24N4O5/c1-32-12-2-11-27-21(29)18-10-3-14(13-19(18)22(27)30)20(28)24-15-4-6-16(7-5-15)25-23(31)26-17-8-9-17/h3-7,10,13,17H,2,8-9,11-12H2,1H3,(H,24,28)(H2,25,26,31). The van der Waals surface area contributed by atoms with E-state index < -0.39 is 11.8 Å². The van der Waals surface area contributed by atoms with Crippen LogP contribution < -0.4 is 16.0 Å². The van der Waals surface area contributed by atoms with Gasteiger partial charge in [0.25, 0.3) is 17.7 Å². The van der Waals surface area contributed by atoms with E-state index in [1.165, 1.54) is 23.1 Å². The van der Waals surface area contributed by atoms with Crippen LogP contribution in [0, 0.1) is 0 Å². The number of nitrogens with zero attached hydrogens (tertiary/aromatic N) is 1. The summed E-state index contributed by atoms with van der Waals surface area (Å²) < 4.78 is 4.97. The van der Waals surface area contributed by atoms with Gasteiger partial charge in [-0.05, 0) is 61.7 Å². The number of imide groups is 1. The Hall–Kier alpha value is -3.72. The Morgan fingerprint density at radius 1 is 0.969 bits per heavy atom. The predicted octanol–water partition coefficient (Wildman–Crippen LogP) is 2.86. The number of hydrogen-bond acceptors (Lipinski definition) is 5. The fourth-order valence-corrected chi connectivity index (χ4v) is 3.42. The number of carbonyl (C=O) groups is 4. The van der Waals surface area contributed by atoms with Gasteiger partial charge in [-0.15, -0.1) is 0 Å². The van der Waals surface area contributed by atoms with Gasteiger partial charge in [-0.1, -0.05) is 0 Å². The van der Waals surface area contributed by atoms with Crippen molar-refractivity contribution in [2.24, 2.45) is 0 Å². The summed E-state index contributed by atoms with van der Waals surface area (Å²) in [5.74, 6) is -1.17. The molecule has 0 unspecified atom stereocenters. The summed E-state index contributed by atoms with van der Waals surface area (Å²) >= 11 is 0. The van der Waals surface area contributed by atoms with Crippen LogP contribution in [0.15, 0.2) is 42.5 Å². The van der Waals surface area contributed by atoms with E-state index in [0.29, 0.717) is 30.0 Å². The zero-order chi connectivity index (χ0) is 22.7. The van der Waals surface area contributed by atoms with E-state index in [1.807, 2.05) is 0 Å². The van der Waals surface area contributed by atoms with E-state index >= 15 is 0 Å². The molecule has 3 N–H and O–H groups in total.